The molecule has 3 N–H and O–H groups in total. The van der Waals surface area contributed by atoms with E-state index in [0.29, 0.717) is 10.8 Å². The van der Waals surface area contributed by atoms with Gasteiger partial charge in [-0.2, -0.15) is 5.10 Å². The summed E-state index contributed by atoms with van der Waals surface area (Å²) in [7, 11) is 0. The molecule has 0 bridgehead atoms. The zero-order valence-corrected chi connectivity index (χ0v) is 12.1. The summed E-state index contributed by atoms with van der Waals surface area (Å²) in [5.74, 6) is -0.889. The van der Waals surface area contributed by atoms with E-state index in [1.54, 1.807) is 19.2 Å². The maximum atomic E-state index is 11.2. The van der Waals surface area contributed by atoms with E-state index in [0.717, 1.165) is 17.1 Å². The van der Waals surface area contributed by atoms with E-state index in [1.807, 2.05) is 13.8 Å². The molecule has 0 aliphatic heterocycles. The summed E-state index contributed by atoms with van der Waals surface area (Å²) in [5.41, 5.74) is 2.22. The molecule has 7 heteroatoms. The van der Waals surface area contributed by atoms with Crippen LogP contribution in [0.1, 0.15) is 30.9 Å². The van der Waals surface area contributed by atoms with E-state index in [9.17, 15) is 9.90 Å². The molecule has 2 rings (SSSR count). The number of nitrogens with one attached hydrogen (secondary N) is 2. The number of hydrogen-bond donors (Lipinski definition) is 3. The predicted octanol–water partition coefficient (Wildman–Crippen LogP) is 2.59. The van der Waals surface area contributed by atoms with Crippen LogP contribution in [-0.4, -0.2) is 26.3 Å². The van der Waals surface area contributed by atoms with Crippen LogP contribution < -0.4 is 5.32 Å². The van der Waals surface area contributed by atoms with E-state index in [1.165, 1.54) is 11.3 Å². The SMILES string of the molecule is Cc1n[nH]c(C)c1Nc1nc(C(C)(C)C(=O)O)cs1. The smallest absolute Gasteiger partial charge is 0.315 e. The fraction of sp³-hybridized carbons (Fsp3) is 0.417. The van der Waals surface area contributed by atoms with Gasteiger partial charge in [0, 0.05) is 5.38 Å². The quantitative estimate of drug-likeness (QED) is 0.800. The molecule has 0 aliphatic rings. The third kappa shape index (κ3) is 2.46. The molecule has 0 fully saturated rings. The Labute approximate surface area is 114 Å². The molecule has 0 aliphatic carbocycles. The minimum absolute atomic E-state index is 0.548. The number of H-pyrrole nitrogens is 1. The van der Waals surface area contributed by atoms with E-state index < -0.39 is 11.4 Å². The fourth-order valence-corrected chi connectivity index (χ4v) is 2.45. The van der Waals surface area contributed by atoms with Crippen molar-refractivity contribution in [3.8, 4) is 0 Å². The van der Waals surface area contributed by atoms with Gasteiger partial charge in [-0.05, 0) is 27.7 Å². The second-order valence-electron chi connectivity index (χ2n) is 4.90. The van der Waals surface area contributed by atoms with Crippen molar-refractivity contribution in [3.63, 3.8) is 0 Å². The summed E-state index contributed by atoms with van der Waals surface area (Å²) in [6.07, 6.45) is 0. The average Bonchev–Trinajstić information content (AvgIpc) is 2.91. The van der Waals surface area contributed by atoms with Crippen LogP contribution in [0.4, 0.5) is 10.8 Å². The van der Waals surface area contributed by atoms with Crippen LogP contribution in [0.3, 0.4) is 0 Å². The van der Waals surface area contributed by atoms with Crippen molar-refractivity contribution < 1.29 is 9.90 Å². The lowest BCUT2D eigenvalue weighted by Crippen LogP contribution is -2.28. The van der Waals surface area contributed by atoms with Crippen molar-refractivity contribution in [1.82, 2.24) is 15.2 Å². The van der Waals surface area contributed by atoms with Crippen molar-refractivity contribution in [2.24, 2.45) is 0 Å². The Hall–Kier alpha value is -1.89. The van der Waals surface area contributed by atoms with Crippen LogP contribution in [0.2, 0.25) is 0 Å². The van der Waals surface area contributed by atoms with Gasteiger partial charge in [-0.15, -0.1) is 11.3 Å². The Morgan fingerprint density at radius 2 is 2.16 bits per heavy atom. The number of thiazole rings is 1. The molecule has 2 aromatic heterocycles. The number of nitrogens with zero attached hydrogens (tertiary/aromatic N) is 2. The van der Waals surface area contributed by atoms with Gasteiger partial charge in [-0.25, -0.2) is 4.98 Å². The minimum atomic E-state index is -0.989. The molecule has 102 valence electrons. The molecule has 0 amide bonds. The number of aliphatic carboxylic acids is 1. The number of aryl methyl sites for hydroxylation is 2. The summed E-state index contributed by atoms with van der Waals surface area (Å²) in [6.45, 7) is 7.09. The Bertz CT molecular complexity index is 596. The van der Waals surface area contributed by atoms with Gasteiger partial charge >= 0.3 is 5.97 Å². The monoisotopic (exact) mass is 280 g/mol. The molecular weight excluding hydrogens is 264 g/mol. The fourth-order valence-electron chi connectivity index (χ4n) is 1.57. The van der Waals surface area contributed by atoms with Gasteiger partial charge in [0.05, 0.1) is 22.8 Å². The van der Waals surface area contributed by atoms with Crippen molar-refractivity contribution in [2.75, 3.05) is 5.32 Å². The summed E-state index contributed by atoms with van der Waals surface area (Å²) in [6, 6.07) is 0. The van der Waals surface area contributed by atoms with Crippen molar-refractivity contribution in [3.05, 3.63) is 22.5 Å². The van der Waals surface area contributed by atoms with E-state index in [-0.39, 0.29) is 0 Å². The molecule has 0 spiro atoms. The van der Waals surface area contributed by atoms with Gasteiger partial charge in [-0.3, -0.25) is 9.89 Å². The van der Waals surface area contributed by atoms with Gasteiger partial charge in [-0.1, -0.05) is 0 Å². The minimum Gasteiger partial charge on any atom is -0.481 e. The highest BCUT2D eigenvalue weighted by Crippen LogP contribution is 2.30. The zero-order valence-electron chi connectivity index (χ0n) is 11.2. The molecular formula is C12H16N4O2S. The first kappa shape index (κ1) is 13.5. The molecule has 0 unspecified atom stereocenters. The first-order valence-electron chi connectivity index (χ1n) is 5.80. The standard InChI is InChI=1S/C12H16N4O2S/c1-6-9(7(2)16-15-6)14-11-13-8(5-19-11)12(3,4)10(17)18/h5H,1-4H3,(H,13,14)(H,15,16)(H,17,18). The summed E-state index contributed by atoms with van der Waals surface area (Å²) < 4.78 is 0. The highest BCUT2D eigenvalue weighted by Gasteiger charge is 2.32. The van der Waals surface area contributed by atoms with Gasteiger partial charge in [0.25, 0.3) is 0 Å². The van der Waals surface area contributed by atoms with Crippen LogP contribution in [0.5, 0.6) is 0 Å². The Morgan fingerprint density at radius 3 is 2.68 bits per heavy atom. The Kier molecular flexibility index (Phi) is 3.32. The lowest BCUT2D eigenvalue weighted by molar-refractivity contribution is -0.142. The number of rotatable bonds is 4. The molecule has 6 nitrogen and oxygen atoms in total. The zero-order chi connectivity index (χ0) is 14.2. The van der Waals surface area contributed by atoms with Crippen LogP contribution in [-0.2, 0) is 10.2 Å². The number of carboxylic acids is 1. The highest BCUT2D eigenvalue weighted by atomic mass is 32.1. The number of hydrogen-bond acceptors (Lipinski definition) is 5. The molecule has 2 heterocycles. The molecule has 0 aromatic carbocycles. The maximum Gasteiger partial charge on any atom is 0.315 e. The topological polar surface area (TPSA) is 90.9 Å². The van der Waals surface area contributed by atoms with Crippen LogP contribution in [0.25, 0.3) is 0 Å². The van der Waals surface area contributed by atoms with Crippen LogP contribution in [0, 0.1) is 13.8 Å². The van der Waals surface area contributed by atoms with Gasteiger partial charge in [0.15, 0.2) is 5.13 Å². The van der Waals surface area contributed by atoms with Gasteiger partial charge in [0.2, 0.25) is 0 Å². The number of aromatic nitrogens is 3. The number of carboxylic acid groups (broad SMARTS) is 1. The number of carbonyl (C=O) groups is 1. The normalized spacial score (nSPS) is 11.6. The first-order valence-corrected chi connectivity index (χ1v) is 6.68. The second-order valence-corrected chi connectivity index (χ2v) is 5.76. The van der Waals surface area contributed by atoms with E-state index >= 15 is 0 Å². The molecule has 0 saturated carbocycles. The van der Waals surface area contributed by atoms with Crippen molar-refractivity contribution >= 4 is 28.1 Å². The van der Waals surface area contributed by atoms with Gasteiger partial charge in [0.1, 0.15) is 5.41 Å². The lowest BCUT2D eigenvalue weighted by Gasteiger charge is -2.15. The summed E-state index contributed by atoms with van der Waals surface area (Å²) in [5, 5.41) is 21.8. The number of aromatic amines is 1. The third-order valence-corrected chi connectivity index (χ3v) is 3.80. The Morgan fingerprint density at radius 1 is 1.47 bits per heavy atom. The molecule has 2 aromatic rings. The van der Waals surface area contributed by atoms with Crippen molar-refractivity contribution in [2.45, 2.75) is 33.1 Å². The average molecular weight is 280 g/mol. The van der Waals surface area contributed by atoms with Crippen molar-refractivity contribution in [1.29, 1.82) is 0 Å². The largest absolute Gasteiger partial charge is 0.481 e. The van der Waals surface area contributed by atoms with Gasteiger partial charge < -0.3 is 10.4 Å². The molecule has 0 saturated heterocycles. The van der Waals surface area contributed by atoms with Crippen LogP contribution >= 0.6 is 11.3 Å². The molecule has 0 radical (unpaired) electrons. The molecule has 19 heavy (non-hydrogen) atoms. The lowest BCUT2D eigenvalue weighted by atomic mass is 9.90. The third-order valence-electron chi connectivity index (χ3n) is 3.04. The highest BCUT2D eigenvalue weighted by molar-refractivity contribution is 7.13. The molecule has 0 atom stereocenters. The summed E-state index contributed by atoms with van der Waals surface area (Å²) in [4.78, 5) is 15.5. The van der Waals surface area contributed by atoms with E-state index in [4.69, 9.17) is 0 Å². The Balaban J connectivity index is 2.26. The van der Waals surface area contributed by atoms with Crippen LogP contribution in [0.15, 0.2) is 5.38 Å². The second kappa shape index (κ2) is 4.65. The number of anilines is 2. The maximum absolute atomic E-state index is 11.2. The first-order chi connectivity index (χ1) is 8.82. The van der Waals surface area contributed by atoms with E-state index in [2.05, 4.69) is 20.5 Å². The predicted molar refractivity (Wildman–Crippen MR) is 74.1 cm³/mol. The summed E-state index contributed by atoms with van der Waals surface area (Å²) >= 11 is 1.38.